The van der Waals surface area contributed by atoms with E-state index in [-0.39, 0.29) is 6.61 Å². The number of rotatable bonds is 20. The summed E-state index contributed by atoms with van der Waals surface area (Å²) in [7, 11) is 0. The van der Waals surface area contributed by atoms with E-state index >= 15 is 0 Å². The maximum atomic E-state index is 9.25. The van der Waals surface area contributed by atoms with Crippen LogP contribution in [-0.2, 0) is 17.6 Å². The number of aliphatic hydroxyl groups is 2. The third kappa shape index (κ3) is 22.7. The second-order valence-corrected chi connectivity index (χ2v) is 10.6. The fourth-order valence-electron chi connectivity index (χ4n) is 4.28. The number of aliphatic hydroxyl groups excluding tert-OH is 2. The van der Waals surface area contributed by atoms with Crippen LogP contribution in [0.25, 0.3) is 0 Å². The smallest absolute Gasteiger partial charge is 0.327 e. The van der Waals surface area contributed by atoms with Gasteiger partial charge in [-0.3, -0.25) is 0 Å². The average Bonchev–Trinajstić information content (AvgIpc) is 2.98. The number of carbonyl (C=O) groups is 1. The number of hydrogen-bond donors (Lipinski definition) is 3. The molecule has 0 heterocycles. The molecule has 0 aromatic heterocycles. The van der Waals surface area contributed by atoms with Crippen molar-refractivity contribution in [2.75, 3.05) is 6.61 Å². The number of aryl methyl sites for hydroxylation is 2. The van der Waals surface area contributed by atoms with Crippen molar-refractivity contribution in [1.29, 1.82) is 0 Å². The molecule has 41 heavy (non-hydrogen) atoms. The maximum absolute atomic E-state index is 9.25. The van der Waals surface area contributed by atoms with Crippen LogP contribution in [0.1, 0.15) is 122 Å². The van der Waals surface area contributed by atoms with Gasteiger partial charge in [0.05, 0.1) is 12.7 Å². The van der Waals surface area contributed by atoms with Gasteiger partial charge in [0, 0.05) is 6.08 Å². The van der Waals surface area contributed by atoms with E-state index in [9.17, 15) is 4.79 Å². The van der Waals surface area contributed by atoms with Gasteiger partial charge in [0.15, 0.2) is 0 Å². The van der Waals surface area contributed by atoms with Crippen LogP contribution >= 0.6 is 0 Å². The van der Waals surface area contributed by atoms with Gasteiger partial charge in [-0.25, -0.2) is 4.79 Å². The van der Waals surface area contributed by atoms with Crippen LogP contribution in [0.3, 0.4) is 0 Å². The number of unbranched alkanes of at least 4 members (excludes halogenated alkanes) is 12. The molecule has 232 valence electrons. The summed E-state index contributed by atoms with van der Waals surface area (Å²) in [5.41, 5.74) is 2.70. The van der Waals surface area contributed by atoms with Gasteiger partial charge >= 0.3 is 5.97 Å². The first-order valence-corrected chi connectivity index (χ1v) is 15.9. The summed E-state index contributed by atoms with van der Waals surface area (Å²) in [6.07, 6.45) is 21.4. The van der Waals surface area contributed by atoms with Crippen LogP contribution in [0.15, 0.2) is 61.2 Å². The molecule has 2 rings (SSSR count). The molecule has 5 nitrogen and oxygen atoms in total. The summed E-state index contributed by atoms with van der Waals surface area (Å²) >= 11 is 0. The lowest BCUT2D eigenvalue weighted by molar-refractivity contribution is -0.131. The molecule has 0 amide bonds. The lowest BCUT2D eigenvalue weighted by Crippen LogP contribution is -2.03. The summed E-state index contributed by atoms with van der Waals surface area (Å²) in [4.78, 5) is 9.25. The first-order valence-electron chi connectivity index (χ1n) is 15.9. The lowest BCUT2D eigenvalue weighted by Gasteiger charge is -2.14. The minimum Gasteiger partial charge on any atom is -0.478 e. The van der Waals surface area contributed by atoms with Crippen molar-refractivity contribution in [3.05, 3.63) is 72.3 Å². The van der Waals surface area contributed by atoms with E-state index < -0.39 is 12.1 Å². The van der Waals surface area contributed by atoms with Crippen molar-refractivity contribution in [3.63, 3.8) is 0 Å². The van der Waals surface area contributed by atoms with E-state index in [1.54, 1.807) is 0 Å². The van der Waals surface area contributed by atoms with Gasteiger partial charge in [0.25, 0.3) is 0 Å². The first kappa shape index (κ1) is 38.4. The van der Waals surface area contributed by atoms with E-state index in [0.717, 1.165) is 30.4 Å². The molecule has 3 N–H and O–H groups in total. The molecule has 1 unspecified atom stereocenters. The fraction of sp³-hybridized carbons (Fsp3) is 0.583. The molecule has 0 fully saturated rings. The number of carboxylic acid groups (broad SMARTS) is 1. The summed E-state index contributed by atoms with van der Waals surface area (Å²) in [5.74, 6) is 1.10. The summed E-state index contributed by atoms with van der Waals surface area (Å²) in [6, 6.07) is 17.3. The average molecular weight is 571 g/mol. The topological polar surface area (TPSA) is 87.0 Å². The maximum Gasteiger partial charge on any atom is 0.327 e. The fourth-order valence-corrected chi connectivity index (χ4v) is 4.28. The predicted molar refractivity (Wildman–Crippen MR) is 173 cm³/mol. The Morgan fingerprint density at radius 3 is 1.37 bits per heavy atom. The van der Waals surface area contributed by atoms with Crippen molar-refractivity contribution in [1.82, 2.24) is 0 Å². The van der Waals surface area contributed by atoms with Crippen molar-refractivity contribution in [2.24, 2.45) is 0 Å². The molecule has 5 heteroatoms. The number of aliphatic carboxylic acids is 1. The number of para-hydroxylation sites is 2. The molecule has 1 atom stereocenters. The monoisotopic (exact) mass is 570 g/mol. The van der Waals surface area contributed by atoms with Gasteiger partial charge < -0.3 is 20.1 Å². The van der Waals surface area contributed by atoms with Crippen molar-refractivity contribution >= 4 is 5.97 Å². The van der Waals surface area contributed by atoms with Crippen LogP contribution in [-0.4, -0.2) is 34.0 Å². The Bertz CT molecular complexity index is 834. The van der Waals surface area contributed by atoms with E-state index in [4.69, 9.17) is 20.1 Å². The Morgan fingerprint density at radius 1 is 0.732 bits per heavy atom. The van der Waals surface area contributed by atoms with E-state index in [0.29, 0.717) is 0 Å². The molecular weight excluding hydrogens is 512 g/mol. The zero-order valence-electron chi connectivity index (χ0n) is 26.2. The van der Waals surface area contributed by atoms with Gasteiger partial charge in [0.2, 0.25) is 0 Å². The third-order valence-electron chi connectivity index (χ3n) is 6.70. The Labute approximate surface area is 250 Å². The van der Waals surface area contributed by atoms with E-state index in [2.05, 4.69) is 69.0 Å². The molecule has 0 aliphatic carbocycles. The zero-order valence-corrected chi connectivity index (χ0v) is 26.2. The number of ether oxygens (including phenoxy) is 1. The molecule has 0 aliphatic rings. The summed E-state index contributed by atoms with van der Waals surface area (Å²) < 4.78 is 6.46. The highest BCUT2D eigenvalue weighted by molar-refractivity contribution is 5.78. The minimum atomic E-state index is -0.981. The van der Waals surface area contributed by atoms with E-state index in [1.807, 2.05) is 0 Å². The molecule has 0 radical (unpaired) electrons. The predicted octanol–water partition coefficient (Wildman–Crippen LogP) is 9.68. The summed E-state index contributed by atoms with van der Waals surface area (Å²) in [5, 5.41) is 23.6. The first-order chi connectivity index (χ1) is 19.9. The second-order valence-electron chi connectivity index (χ2n) is 10.6. The van der Waals surface area contributed by atoms with Gasteiger partial charge in [-0.15, -0.1) is 0 Å². The molecule has 0 aliphatic heterocycles. The Morgan fingerprint density at radius 2 is 1.05 bits per heavy atom. The number of benzene rings is 2. The molecule has 0 bridgehead atoms. The van der Waals surface area contributed by atoms with Crippen molar-refractivity contribution in [2.45, 2.75) is 130 Å². The third-order valence-corrected chi connectivity index (χ3v) is 6.70. The molecular formula is C36H58O5. The number of hydrogen-bond acceptors (Lipinski definition) is 4. The normalized spacial score (nSPS) is 11.0. The quantitative estimate of drug-likeness (QED) is 0.109. The standard InChI is InChI=1S/C30H46O.C3H8O2.C3H4O2/c1-3-5-7-9-11-13-15-21-27-23-17-19-25-29(27)31-30-26-20-18-24-28(30)22-16-14-12-10-8-6-4-2;1-3(5)2-4;1-2-3(4)5/h17-20,23-26H,3-16,21-22H2,1-2H3;3-5H,2H2,1H3;2H,1H2,(H,4,5). The van der Waals surface area contributed by atoms with Crippen LogP contribution in [0.2, 0.25) is 0 Å². The molecule has 0 saturated heterocycles. The van der Waals surface area contributed by atoms with Gasteiger partial charge in [-0.05, 0) is 55.9 Å². The highest BCUT2D eigenvalue weighted by Crippen LogP contribution is 2.30. The highest BCUT2D eigenvalue weighted by atomic mass is 16.5. The summed E-state index contributed by atoms with van der Waals surface area (Å²) in [6.45, 7) is 8.91. The Hall–Kier alpha value is -2.63. The molecule has 2 aromatic carbocycles. The Kier molecular flexibility index (Phi) is 25.8. The van der Waals surface area contributed by atoms with Gasteiger partial charge in [-0.2, -0.15) is 0 Å². The second kappa shape index (κ2) is 27.5. The van der Waals surface area contributed by atoms with Gasteiger partial charge in [-0.1, -0.05) is 134 Å². The van der Waals surface area contributed by atoms with Crippen LogP contribution in [0, 0.1) is 0 Å². The van der Waals surface area contributed by atoms with Crippen molar-refractivity contribution < 1.29 is 24.9 Å². The van der Waals surface area contributed by atoms with Gasteiger partial charge in [0.1, 0.15) is 11.5 Å². The molecule has 0 saturated carbocycles. The van der Waals surface area contributed by atoms with Crippen LogP contribution in [0.4, 0.5) is 0 Å². The zero-order chi connectivity index (χ0) is 30.6. The lowest BCUT2D eigenvalue weighted by atomic mass is 10.0. The highest BCUT2D eigenvalue weighted by Gasteiger charge is 2.08. The molecule has 2 aromatic rings. The largest absolute Gasteiger partial charge is 0.478 e. The van der Waals surface area contributed by atoms with E-state index in [1.165, 1.54) is 108 Å². The van der Waals surface area contributed by atoms with Crippen LogP contribution < -0.4 is 4.74 Å². The SMILES string of the molecule is C=CC(=O)O.CC(O)CO.CCCCCCCCCc1ccccc1Oc1ccccc1CCCCCCCCC. The Balaban J connectivity index is 0.00000137. The van der Waals surface area contributed by atoms with Crippen LogP contribution in [0.5, 0.6) is 11.5 Å². The van der Waals surface area contributed by atoms with Crippen molar-refractivity contribution in [3.8, 4) is 11.5 Å². The number of carboxylic acids is 1. The minimum absolute atomic E-state index is 0.139. The molecule has 0 spiro atoms.